The van der Waals surface area contributed by atoms with Crippen LogP contribution >= 0.6 is 19.2 Å². The van der Waals surface area contributed by atoms with Crippen molar-refractivity contribution in [2.24, 2.45) is 5.16 Å². The van der Waals surface area contributed by atoms with Gasteiger partial charge in [0.15, 0.2) is 12.1 Å². The smallest absolute Gasteiger partial charge is 0.383 e. The summed E-state index contributed by atoms with van der Waals surface area (Å²) in [5.41, 5.74) is 1.39. The number of ether oxygens (including phenoxy) is 1. The summed E-state index contributed by atoms with van der Waals surface area (Å²) in [6.07, 6.45) is 0. The van der Waals surface area contributed by atoms with E-state index < -0.39 is 13.6 Å². The highest BCUT2D eigenvalue weighted by molar-refractivity contribution is 7.73. The first-order valence-corrected chi connectivity index (χ1v) is 10.9. The molecular formula is C20H23ClNO6P. The van der Waals surface area contributed by atoms with Crippen LogP contribution in [0.15, 0.2) is 53.7 Å². The minimum Gasteiger partial charge on any atom is -0.482 e. The zero-order valence-electron chi connectivity index (χ0n) is 16.5. The molecule has 0 aliphatic rings. The van der Waals surface area contributed by atoms with Gasteiger partial charge in [0.2, 0.25) is 0 Å². The van der Waals surface area contributed by atoms with Gasteiger partial charge in [0.05, 0.1) is 13.2 Å². The Morgan fingerprint density at radius 3 is 2.14 bits per heavy atom. The van der Waals surface area contributed by atoms with E-state index in [1.165, 1.54) is 0 Å². The van der Waals surface area contributed by atoms with E-state index in [1.54, 1.807) is 50.2 Å². The maximum atomic E-state index is 13.2. The number of carbonyl (C=O) groups excluding carboxylic acids is 1. The van der Waals surface area contributed by atoms with Crippen LogP contribution in [0.1, 0.15) is 25.0 Å². The van der Waals surface area contributed by atoms with Crippen molar-refractivity contribution in [2.45, 2.75) is 20.8 Å². The summed E-state index contributed by atoms with van der Waals surface area (Å²) in [4.78, 5) is 17.0. The van der Waals surface area contributed by atoms with Crippen LogP contribution in [0.2, 0.25) is 5.02 Å². The van der Waals surface area contributed by atoms with E-state index in [9.17, 15) is 9.36 Å². The molecule has 2 aromatic carbocycles. The van der Waals surface area contributed by atoms with Crippen LogP contribution in [-0.2, 0) is 23.2 Å². The van der Waals surface area contributed by atoms with Gasteiger partial charge in [0, 0.05) is 10.6 Å². The monoisotopic (exact) mass is 439 g/mol. The molecule has 0 aliphatic carbocycles. The lowest BCUT2D eigenvalue weighted by Crippen LogP contribution is -2.15. The summed E-state index contributed by atoms with van der Waals surface area (Å²) in [7, 11) is -3.79. The highest BCUT2D eigenvalue weighted by Gasteiger charge is 2.34. The van der Waals surface area contributed by atoms with Gasteiger partial charge in [-0.05, 0) is 45.0 Å². The molecule has 0 saturated heterocycles. The molecule has 0 radical (unpaired) electrons. The summed E-state index contributed by atoms with van der Waals surface area (Å²) in [5, 5.41) is 4.36. The van der Waals surface area contributed by atoms with E-state index in [1.807, 2.05) is 19.1 Å². The normalized spacial score (nSPS) is 11.9. The zero-order chi connectivity index (χ0) is 21.3. The molecule has 29 heavy (non-hydrogen) atoms. The molecule has 0 unspecified atom stereocenters. The number of carbonyl (C=O) groups is 1. The van der Waals surface area contributed by atoms with Gasteiger partial charge in [0.25, 0.3) is 0 Å². The van der Waals surface area contributed by atoms with Gasteiger partial charge in [-0.15, -0.1) is 0 Å². The molecule has 0 spiro atoms. The number of hydrogen-bond donors (Lipinski definition) is 0. The van der Waals surface area contributed by atoms with Crippen LogP contribution in [0.5, 0.6) is 5.75 Å². The lowest BCUT2D eigenvalue weighted by molar-refractivity contribution is -0.145. The van der Waals surface area contributed by atoms with Gasteiger partial charge in [0.1, 0.15) is 5.75 Å². The quantitative estimate of drug-likeness (QED) is 0.219. The topological polar surface area (TPSA) is 83.4 Å². The summed E-state index contributed by atoms with van der Waals surface area (Å²) in [6, 6.07) is 13.6. The Morgan fingerprint density at radius 1 is 1.00 bits per heavy atom. The number of oxime groups is 1. The maximum Gasteiger partial charge on any atom is 0.383 e. The SMILES string of the molecule is CCOP(=O)(OCC)C(=NOC(=O)COc1ccc(Cl)cc1)c1ccc(C)cc1. The minimum atomic E-state index is -3.79. The predicted octanol–water partition coefficient (Wildman–Crippen LogP) is 5.20. The van der Waals surface area contributed by atoms with Crippen molar-refractivity contribution in [3.63, 3.8) is 0 Å². The first-order valence-electron chi connectivity index (χ1n) is 9.01. The van der Waals surface area contributed by atoms with Crippen molar-refractivity contribution in [3.8, 4) is 5.75 Å². The molecule has 0 N–H and O–H groups in total. The number of hydrogen-bond acceptors (Lipinski definition) is 7. The second kappa shape index (κ2) is 11.1. The molecule has 0 amide bonds. The van der Waals surface area contributed by atoms with Gasteiger partial charge in [-0.3, -0.25) is 4.57 Å². The van der Waals surface area contributed by atoms with Crippen molar-refractivity contribution in [2.75, 3.05) is 19.8 Å². The minimum absolute atomic E-state index is 0.0824. The highest BCUT2D eigenvalue weighted by Crippen LogP contribution is 2.51. The third-order valence-electron chi connectivity index (χ3n) is 3.57. The Kier molecular flexibility index (Phi) is 8.86. The Balaban J connectivity index is 2.19. The van der Waals surface area contributed by atoms with Crippen LogP contribution in [0.25, 0.3) is 0 Å². The van der Waals surface area contributed by atoms with E-state index in [0.717, 1.165) is 5.56 Å². The van der Waals surface area contributed by atoms with Gasteiger partial charge < -0.3 is 18.6 Å². The molecule has 0 aromatic heterocycles. The average molecular weight is 440 g/mol. The van der Waals surface area contributed by atoms with E-state index in [2.05, 4.69) is 5.16 Å². The van der Waals surface area contributed by atoms with Crippen LogP contribution in [0.4, 0.5) is 0 Å². The lowest BCUT2D eigenvalue weighted by atomic mass is 10.2. The third kappa shape index (κ3) is 6.98. The largest absolute Gasteiger partial charge is 0.482 e. The van der Waals surface area contributed by atoms with Crippen molar-refractivity contribution < 1.29 is 28.0 Å². The van der Waals surface area contributed by atoms with Crippen LogP contribution in [0.3, 0.4) is 0 Å². The second-order valence-corrected chi connectivity index (χ2v) is 8.19. The summed E-state index contributed by atoms with van der Waals surface area (Å²) in [6.45, 7) is 5.17. The fraction of sp³-hybridized carbons (Fsp3) is 0.300. The molecule has 2 aromatic rings. The van der Waals surface area contributed by atoms with E-state index >= 15 is 0 Å². The van der Waals surface area contributed by atoms with Gasteiger partial charge in [-0.1, -0.05) is 46.6 Å². The van der Waals surface area contributed by atoms with Gasteiger partial charge in [-0.2, -0.15) is 0 Å². The third-order valence-corrected chi connectivity index (χ3v) is 5.88. The highest BCUT2D eigenvalue weighted by atomic mass is 35.5. The zero-order valence-corrected chi connectivity index (χ0v) is 18.1. The Bertz CT molecular complexity index is 873. The molecular weight excluding hydrogens is 417 g/mol. The number of halogens is 1. The molecule has 0 saturated carbocycles. The summed E-state index contributed by atoms with van der Waals surface area (Å²) in [5.74, 6) is -0.326. The molecule has 0 fully saturated rings. The maximum absolute atomic E-state index is 13.2. The Labute approximate surface area is 175 Å². The Hall–Kier alpha value is -2.18. The number of benzene rings is 2. The van der Waals surface area contributed by atoms with Crippen molar-refractivity contribution >= 4 is 30.6 Å². The molecule has 0 atom stereocenters. The molecule has 0 heterocycles. The summed E-state index contributed by atoms with van der Waals surface area (Å²) >= 11 is 5.81. The average Bonchev–Trinajstić information content (AvgIpc) is 2.69. The number of rotatable bonds is 10. The van der Waals surface area contributed by atoms with Crippen LogP contribution in [-0.4, -0.2) is 31.2 Å². The van der Waals surface area contributed by atoms with Crippen molar-refractivity contribution in [1.82, 2.24) is 0 Å². The van der Waals surface area contributed by atoms with Crippen molar-refractivity contribution in [3.05, 3.63) is 64.7 Å². The van der Waals surface area contributed by atoms with Gasteiger partial charge in [-0.25, -0.2) is 4.79 Å². The first kappa shape index (κ1) is 23.1. The van der Waals surface area contributed by atoms with E-state index in [0.29, 0.717) is 16.3 Å². The molecule has 7 nitrogen and oxygen atoms in total. The summed E-state index contributed by atoms with van der Waals surface area (Å²) < 4.78 is 29.2. The first-order chi connectivity index (χ1) is 13.9. The van der Waals surface area contributed by atoms with E-state index in [4.69, 9.17) is 30.2 Å². The predicted molar refractivity (Wildman–Crippen MR) is 112 cm³/mol. The molecule has 2 rings (SSSR count). The Morgan fingerprint density at radius 2 is 1.59 bits per heavy atom. The lowest BCUT2D eigenvalue weighted by Gasteiger charge is -2.18. The fourth-order valence-electron chi connectivity index (χ4n) is 2.26. The van der Waals surface area contributed by atoms with Crippen LogP contribution in [0, 0.1) is 6.92 Å². The standard InChI is InChI=1S/C20H23ClNO6P/c1-4-26-29(24,27-5-2)20(16-8-6-15(3)7-9-16)22-28-19(23)14-25-18-12-10-17(21)11-13-18/h6-13H,4-5,14H2,1-3H3. The van der Waals surface area contributed by atoms with Crippen LogP contribution < -0.4 is 4.74 Å². The van der Waals surface area contributed by atoms with Gasteiger partial charge >= 0.3 is 13.6 Å². The molecule has 156 valence electrons. The molecule has 0 bridgehead atoms. The molecule has 0 aliphatic heterocycles. The van der Waals surface area contributed by atoms with Crippen molar-refractivity contribution in [1.29, 1.82) is 0 Å². The second-order valence-electron chi connectivity index (χ2n) is 5.82. The van der Waals surface area contributed by atoms with E-state index in [-0.39, 0.29) is 25.3 Å². The molecule has 9 heteroatoms. The number of aryl methyl sites for hydroxylation is 1. The fourth-order valence-corrected chi connectivity index (χ4v) is 3.99. The number of nitrogens with zero attached hydrogens (tertiary/aromatic N) is 1.